The van der Waals surface area contributed by atoms with E-state index in [0.29, 0.717) is 13.1 Å². The second kappa shape index (κ2) is 4.02. The molecule has 2 heterocycles. The molecule has 0 atom stereocenters. The van der Waals surface area contributed by atoms with Crippen LogP contribution in [-0.4, -0.2) is 38.6 Å². The molecule has 1 aliphatic rings. The molecule has 15 heavy (non-hydrogen) atoms. The smallest absolute Gasteiger partial charge is 0.309 e. The number of rotatable bonds is 4. The zero-order valence-electron chi connectivity index (χ0n) is 8.76. The lowest BCUT2D eigenvalue weighted by Crippen LogP contribution is -2.49. The summed E-state index contributed by atoms with van der Waals surface area (Å²) < 4.78 is 2.08. The van der Waals surface area contributed by atoms with Gasteiger partial charge in [0.05, 0.1) is 17.9 Å². The van der Waals surface area contributed by atoms with Crippen LogP contribution in [0.1, 0.15) is 12.6 Å². The predicted molar refractivity (Wildman–Crippen MR) is 54.3 cm³/mol. The Morgan fingerprint density at radius 2 is 2.40 bits per heavy atom. The maximum absolute atomic E-state index is 10.6. The fourth-order valence-electron chi connectivity index (χ4n) is 1.85. The van der Waals surface area contributed by atoms with Crippen LogP contribution >= 0.6 is 0 Å². The van der Waals surface area contributed by atoms with Gasteiger partial charge in [0, 0.05) is 32.4 Å². The highest BCUT2D eigenvalue weighted by molar-refractivity contribution is 5.71. The molecule has 1 saturated heterocycles. The minimum absolute atomic E-state index is 0.178. The molecule has 0 aromatic carbocycles. The van der Waals surface area contributed by atoms with Gasteiger partial charge in [-0.25, -0.2) is 4.98 Å². The fraction of sp³-hybridized carbons (Fsp3) is 0.600. The Morgan fingerprint density at radius 3 is 3.00 bits per heavy atom. The SMILES string of the molecule is CCn1cncc1CN1CC(C(=O)O)C1. The first-order chi connectivity index (χ1) is 7.20. The summed E-state index contributed by atoms with van der Waals surface area (Å²) in [6.45, 7) is 5.10. The Labute approximate surface area is 88.3 Å². The van der Waals surface area contributed by atoms with Gasteiger partial charge >= 0.3 is 5.97 Å². The van der Waals surface area contributed by atoms with Gasteiger partial charge in [0.2, 0.25) is 0 Å². The van der Waals surface area contributed by atoms with Crippen molar-refractivity contribution in [2.24, 2.45) is 5.92 Å². The number of hydrogen-bond acceptors (Lipinski definition) is 3. The lowest BCUT2D eigenvalue weighted by molar-refractivity contribution is -0.147. The third kappa shape index (κ3) is 2.02. The summed E-state index contributed by atoms with van der Waals surface area (Å²) in [4.78, 5) is 16.8. The molecule has 0 unspecified atom stereocenters. The first kappa shape index (κ1) is 10.2. The molecule has 1 aliphatic heterocycles. The predicted octanol–water partition coefficient (Wildman–Crippen LogP) is 0.419. The molecule has 0 radical (unpaired) electrons. The van der Waals surface area contributed by atoms with E-state index in [1.807, 2.05) is 12.5 Å². The first-order valence-electron chi connectivity index (χ1n) is 5.15. The van der Waals surface area contributed by atoms with Crippen LogP contribution in [0.15, 0.2) is 12.5 Å². The molecule has 1 N–H and O–H groups in total. The summed E-state index contributed by atoms with van der Waals surface area (Å²) in [6, 6.07) is 0. The molecule has 0 bridgehead atoms. The van der Waals surface area contributed by atoms with Crippen molar-refractivity contribution < 1.29 is 9.90 Å². The highest BCUT2D eigenvalue weighted by atomic mass is 16.4. The number of aryl methyl sites for hydroxylation is 1. The van der Waals surface area contributed by atoms with Crippen molar-refractivity contribution in [3.8, 4) is 0 Å². The minimum atomic E-state index is -0.685. The van der Waals surface area contributed by atoms with E-state index in [0.717, 1.165) is 18.8 Å². The van der Waals surface area contributed by atoms with Gasteiger partial charge in [-0.3, -0.25) is 9.69 Å². The largest absolute Gasteiger partial charge is 0.481 e. The number of carboxylic acid groups (broad SMARTS) is 1. The van der Waals surface area contributed by atoms with E-state index >= 15 is 0 Å². The zero-order chi connectivity index (χ0) is 10.8. The van der Waals surface area contributed by atoms with Crippen LogP contribution in [0.25, 0.3) is 0 Å². The number of hydrogen-bond donors (Lipinski definition) is 1. The second-order valence-corrected chi connectivity index (χ2v) is 3.90. The molecule has 2 rings (SSSR count). The van der Waals surface area contributed by atoms with E-state index in [1.54, 1.807) is 0 Å². The number of aromatic nitrogens is 2. The maximum Gasteiger partial charge on any atom is 0.309 e. The second-order valence-electron chi connectivity index (χ2n) is 3.90. The van der Waals surface area contributed by atoms with Gasteiger partial charge in [0.1, 0.15) is 0 Å². The number of carboxylic acids is 1. The van der Waals surface area contributed by atoms with E-state index in [4.69, 9.17) is 5.11 Å². The van der Waals surface area contributed by atoms with Crippen molar-refractivity contribution in [3.05, 3.63) is 18.2 Å². The van der Waals surface area contributed by atoms with Crippen molar-refractivity contribution in [2.75, 3.05) is 13.1 Å². The van der Waals surface area contributed by atoms with Crippen LogP contribution < -0.4 is 0 Å². The molecule has 1 aromatic rings. The third-order valence-electron chi connectivity index (χ3n) is 2.83. The van der Waals surface area contributed by atoms with Crippen molar-refractivity contribution in [1.82, 2.24) is 14.5 Å². The lowest BCUT2D eigenvalue weighted by Gasteiger charge is -2.36. The molecular weight excluding hydrogens is 194 g/mol. The summed E-state index contributed by atoms with van der Waals surface area (Å²) >= 11 is 0. The van der Waals surface area contributed by atoms with E-state index in [2.05, 4.69) is 21.4 Å². The first-order valence-corrected chi connectivity index (χ1v) is 5.15. The normalized spacial score (nSPS) is 17.7. The van der Waals surface area contributed by atoms with Crippen molar-refractivity contribution >= 4 is 5.97 Å². The fourth-order valence-corrected chi connectivity index (χ4v) is 1.85. The topological polar surface area (TPSA) is 58.4 Å². The molecule has 0 amide bonds. The molecule has 0 spiro atoms. The molecule has 0 aliphatic carbocycles. The van der Waals surface area contributed by atoms with Gasteiger partial charge < -0.3 is 9.67 Å². The lowest BCUT2D eigenvalue weighted by atomic mass is 10.0. The van der Waals surface area contributed by atoms with Gasteiger partial charge in [-0.15, -0.1) is 0 Å². The average Bonchev–Trinajstić information content (AvgIpc) is 2.56. The van der Waals surface area contributed by atoms with Crippen molar-refractivity contribution in [1.29, 1.82) is 0 Å². The van der Waals surface area contributed by atoms with Gasteiger partial charge in [0.25, 0.3) is 0 Å². The summed E-state index contributed by atoms with van der Waals surface area (Å²) in [6.07, 6.45) is 3.65. The van der Waals surface area contributed by atoms with Gasteiger partial charge in [-0.1, -0.05) is 0 Å². The molecule has 1 fully saturated rings. The molecule has 5 nitrogen and oxygen atoms in total. The van der Waals surface area contributed by atoms with Gasteiger partial charge in [-0.2, -0.15) is 0 Å². The van der Waals surface area contributed by atoms with Crippen molar-refractivity contribution in [3.63, 3.8) is 0 Å². The van der Waals surface area contributed by atoms with E-state index < -0.39 is 5.97 Å². The molecular formula is C10H15N3O2. The quantitative estimate of drug-likeness (QED) is 0.780. The molecule has 1 aromatic heterocycles. The molecule has 82 valence electrons. The van der Waals surface area contributed by atoms with Crippen LogP contribution in [0.3, 0.4) is 0 Å². The number of nitrogens with zero attached hydrogens (tertiary/aromatic N) is 3. The minimum Gasteiger partial charge on any atom is -0.481 e. The van der Waals surface area contributed by atoms with Crippen LogP contribution in [0.5, 0.6) is 0 Å². The zero-order valence-corrected chi connectivity index (χ0v) is 8.76. The van der Waals surface area contributed by atoms with E-state index in [9.17, 15) is 4.79 Å². The highest BCUT2D eigenvalue weighted by Crippen LogP contribution is 2.18. The Morgan fingerprint density at radius 1 is 1.67 bits per heavy atom. The summed E-state index contributed by atoms with van der Waals surface area (Å²) in [7, 11) is 0. The van der Waals surface area contributed by atoms with Gasteiger partial charge in [0.15, 0.2) is 0 Å². The maximum atomic E-state index is 10.6. The summed E-state index contributed by atoms with van der Waals surface area (Å²) in [5, 5.41) is 8.73. The van der Waals surface area contributed by atoms with Gasteiger partial charge in [-0.05, 0) is 6.92 Å². The highest BCUT2D eigenvalue weighted by Gasteiger charge is 2.32. The van der Waals surface area contributed by atoms with Crippen LogP contribution in [-0.2, 0) is 17.9 Å². The van der Waals surface area contributed by atoms with Crippen LogP contribution in [0.2, 0.25) is 0 Å². The third-order valence-corrected chi connectivity index (χ3v) is 2.83. The Kier molecular flexibility index (Phi) is 2.73. The van der Waals surface area contributed by atoms with Crippen LogP contribution in [0.4, 0.5) is 0 Å². The summed E-state index contributed by atoms with van der Waals surface area (Å²) in [5.41, 5.74) is 1.15. The number of carbonyl (C=O) groups is 1. The standard InChI is InChI=1S/C10H15N3O2/c1-2-13-7-11-3-9(13)6-12-4-8(5-12)10(14)15/h3,7-8H,2,4-6H2,1H3,(H,14,15). The Hall–Kier alpha value is -1.36. The average molecular weight is 209 g/mol. The number of imidazole rings is 1. The number of aliphatic carboxylic acids is 1. The monoisotopic (exact) mass is 209 g/mol. The van der Waals surface area contributed by atoms with Crippen molar-refractivity contribution in [2.45, 2.75) is 20.0 Å². The Balaban J connectivity index is 1.87. The number of likely N-dealkylation sites (tertiary alicyclic amines) is 1. The molecule has 5 heteroatoms. The summed E-state index contributed by atoms with van der Waals surface area (Å²) in [5.74, 6) is -0.863. The Bertz CT molecular complexity index is 355. The van der Waals surface area contributed by atoms with E-state index in [-0.39, 0.29) is 5.92 Å². The molecule has 0 saturated carbocycles. The van der Waals surface area contributed by atoms with E-state index in [1.165, 1.54) is 0 Å². The van der Waals surface area contributed by atoms with Crippen LogP contribution in [0, 0.1) is 5.92 Å².